The monoisotopic (exact) mass is 217 g/mol. The van der Waals surface area contributed by atoms with Crippen molar-refractivity contribution in [1.82, 2.24) is 9.78 Å². The van der Waals surface area contributed by atoms with Gasteiger partial charge in [0.1, 0.15) is 12.4 Å². The zero-order chi connectivity index (χ0) is 11.4. The van der Waals surface area contributed by atoms with Crippen molar-refractivity contribution in [3.05, 3.63) is 42.2 Å². The lowest BCUT2D eigenvalue weighted by atomic mass is 10.2. The lowest BCUT2D eigenvalue weighted by Gasteiger charge is -2.09. The molecule has 0 amide bonds. The average molecular weight is 217 g/mol. The number of hydrogen-bond acceptors (Lipinski definition) is 3. The number of nitrogen functional groups attached to an aromatic ring is 1. The van der Waals surface area contributed by atoms with E-state index >= 15 is 0 Å². The van der Waals surface area contributed by atoms with Crippen molar-refractivity contribution in [2.75, 3.05) is 12.3 Å². The average Bonchev–Trinajstić information content (AvgIpc) is 2.74. The van der Waals surface area contributed by atoms with Gasteiger partial charge in [-0.3, -0.25) is 4.68 Å². The van der Waals surface area contributed by atoms with Gasteiger partial charge in [0.25, 0.3) is 0 Å². The molecule has 4 heteroatoms. The fourth-order valence-electron chi connectivity index (χ4n) is 1.52. The van der Waals surface area contributed by atoms with Gasteiger partial charge in [0, 0.05) is 18.1 Å². The highest BCUT2D eigenvalue weighted by Crippen LogP contribution is 2.19. The third kappa shape index (κ3) is 2.53. The predicted molar refractivity (Wildman–Crippen MR) is 63.3 cm³/mol. The molecule has 0 atom stereocenters. The third-order valence-electron chi connectivity index (χ3n) is 2.34. The summed E-state index contributed by atoms with van der Waals surface area (Å²) in [4.78, 5) is 0. The summed E-state index contributed by atoms with van der Waals surface area (Å²) in [5, 5.41) is 4.10. The topological polar surface area (TPSA) is 53.1 Å². The Kier molecular flexibility index (Phi) is 3.10. The molecule has 0 saturated heterocycles. The minimum absolute atomic E-state index is 0.604. The van der Waals surface area contributed by atoms with Crippen LogP contribution in [0, 0.1) is 6.92 Å². The highest BCUT2D eigenvalue weighted by atomic mass is 16.5. The summed E-state index contributed by atoms with van der Waals surface area (Å²) in [7, 11) is 0. The van der Waals surface area contributed by atoms with Crippen LogP contribution in [0.2, 0.25) is 0 Å². The molecule has 0 aliphatic rings. The van der Waals surface area contributed by atoms with Crippen LogP contribution in [0.3, 0.4) is 0 Å². The Balaban J connectivity index is 1.90. The Hall–Kier alpha value is -1.97. The second-order valence-electron chi connectivity index (χ2n) is 3.64. The Morgan fingerprint density at radius 1 is 1.44 bits per heavy atom. The first-order valence-corrected chi connectivity index (χ1v) is 5.22. The predicted octanol–water partition coefficient (Wildman–Crippen LogP) is 1.85. The molecule has 0 radical (unpaired) electrons. The zero-order valence-electron chi connectivity index (χ0n) is 9.26. The van der Waals surface area contributed by atoms with Crippen LogP contribution in [0.5, 0.6) is 5.75 Å². The molecule has 2 rings (SSSR count). The SMILES string of the molecule is Cc1cc(N)ccc1OCCn1cccn1. The third-order valence-corrected chi connectivity index (χ3v) is 2.34. The first kappa shape index (κ1) is 10.5. The molecule has 0 aliphatic heterocycles. The van der Waals surface area contributed by atoms with Crippen LogP contribution in [0.4, 0.5) is 5.69 Å². The molecule has 0 spiro atoms. The minimum atomic E-state index is 0.604. The van der Waals surface area contributed by atoms with Gasteiger partial charge in [-0.15, -0.1) is 0 Å². The van der Waals surface area contributed by atoms with E-state index in [0.29, 0.717) is 6.61 Å². The Morgan fingerprint density at radius 3 is 3.00 bits per heavy atom. The van der Waals surface area contributed by atoms with Crippen molar-refractivity contribution in [2.45, 2.75) is 13.5 Å². The summed E-state index contributed by atoms with van der Waals surface area (Å²) < 4.78 is 7.49. The number of rotatable bonds is 4. The molecule has 0 unspecified atom stereocenters. The van der Waals surface area contributed by atoms with Crippen LogP contribution < -0.4 is 10.5 Å². The second-order valence-corrected chi connectivity index (χ2v) is 3.64. The maximum Gasteiger partial charge on any atom is 0.122 e. The van der Waals surface area contributed by atoms with Crippen LogP contribution in [0.1, 0.15) is 5.56 Å². The molecule has 0 bridgehead atoms. The van der Waals surface area contributed by atoms with Crippen LogP contribution in [0.25, 0.3) is 0 Å². The van der Waals surface area contributed by atoms with E-state index in [4.69, 9.17) is 10.5 Å². The van der Waals surface area contributed by atoms with Crippen LogP contribution in [0.15, 0.2) is 36.7 Å². The molecular formula is C12H15N3O. The highest BCUT2D eigenvalue weighted by Gasteiger charge is 1.99. The fraction of sp³-hybridized carbons (Fsp3) is 0.250. The van der Waals surface area contributed by atoms with E-state index in [1.807, 2.05) is 42.1 Å². The largest absolute Gasteiger partial charge is 0.491 e. The number of ether oxygens (including phenoxy) is 1. The maximum absolute atomic E-state index is 5.66. The standard InChI is InChI=1S/C12H15N3O/c1-10-9-11(13)3-4-12(10)16-8-7-15-6-2-5-14-15/h2-6,9H,7-8,13H2,1H3. The van der Waals surface area contributed by atoms with E-state index < -0.39 is 0 Å². The van der Waals surface area contributed by atoms with Crippen molar-refractivity contribution in [1.29, 1.82) is 0 Å². The quantitative estimate of drug-likeness (QED) is 0.795. The molecule has 0 fully saturated rings. The fourth-order valence-corrected chi connectivity index (χ4v) is 1.52. The van der Waals surface area contributed by atoms with Crippen LogP contribution >= 0.6 is 0 Å². The number of hydrogen-bond donors (Lipinski definition) is 1. The minimum Gasteiger partial charge on any atom is -0.491 e. The molecule has 0 saturated carbocycles. The van der Waals surface area contributed by atoms with E-state index in [0.717, 1.165) is 23.5 Å². The number of benzene rings is 1. The number of nitrogens with zero attached hydrogens (tertiary/aromatic N) is 2. The summed E-state index contributed by atoms with van der Waals surface area (Å²) in [6, 6.07) is 7.54. The smallest absolute Gasteiger partial charge is 0.122 e. The number of aryl methyl sites for hydroxylation is 1. The van der Waals surface area contributed by atoms with Gasteiger partial charge in [0.2, 0.25) is 0 Å². The number of anilines is 1. The normalized spacial score (nSPS) is 10.3. The molecule has 16 heavy (non-hydrogen) atoms. The van der Waals surface area contributed by atoms with Gasteiger partial charge < -0.3 is 10.5 Å². The van der Waals surface area contributed by atoms with E-state index in [9.17, 15) is 0 Å². The Bertz CT molecular complexity index is 451. The number of nitrogens with two attached hydrogens (primary N) is 1. The summed E-state index contributed by atoms with van der Waals surface area (Å²) >= 11 is 0. The van der Waals surface area contributed by atoms with Crippen LogP contribution in [-0.4, -0.2) is 16.4 Å². The molecule has 2 N–H and O–H groups in total. The van der Waals surface area contributed by atoms with E-state index in [-0.39, 0.29) is 0 Å². The van der Waals surface area contributed by atoms with Gasteiger partial charge >= 0.3 is 0 Å². The molecule has 2 aromatic rings. The van der Waals surface area contributed by atoms with E-state index in [1.165, 1.54) is 0 Å². The highest BCUT2D eigenvalue weighted by molar-refractivity contribution is 5.47. The first-order valence-electron chi connectivity index (χ1n) is 5.22. The zero-order valence-corrected chi connectivity index (χ0v) is 9.26. The molecule has 84 valence electrons. The Morgan fingerprint density at radius 2 is 2.31 bits per heavy atom. The molecule has 1 heterocycles. The summed E-state index contributed by atoms with van der Waals surface area (Å²) in [6.45, 7) is 3.34. The van der Waals surface area contributed by atoms with Gasteiger partial charge in [-0.2, -0.15) is 5.10 Å². The van der Waals surface area contributed by atoms with Crippen molar-refractivity contribution in [3.63, 3.8) is 0 Å². The van der Waals surface area contributed by atoms with E-state index in [2.05, 4.69) is 5.10 Å². The summed E-state index contributed by atoms with van der Waals surface area (Å²) in [5.41, 5.74) is 7.48. The lowest BCUT2D eigenvalue weighted by molar-refractivity contribution is 0.289. The van der Waals surface area contributed by atoms with Gasteiger partial charge in [0.15, 0.2) is 0 Å². The molecule has 1 aromatic carbocycles. The molecule has 4 nitrogen and oxygen atoms in total. The maximum atomic E-state index is 5.66. The Labute approximate surface area is 94.6 Å². The van der Waals surface area contributed by atoms with Gasteiger partial charge in [0.05, 0.1) is 6.54 Å². The summed E-state index contributed by atoms with van der Waals surface area (Å²) in [5.74, 6) is 0.876. The molecule has 0 aliphatic carbocycles. The van der Waals surface area contributed by atoms with Gasteiger partial charge in [-0.05, 0) is 36.8 Å². The van der Waals surface area contributed by atoms with Crippen molar-refractivity contribution >= 4 is 5.69 Å². The van der Waals surface area contributed by atoms with Gasteiger partial charge in [-0.25, -0.2) is 0 Å². The van der Waals surface area contributed by atoms with Crippen LogP contribution in [-0.2, 0) is 6.54 Å². The molecular weight excluding hydrogens is 202 g/mol. The van der Waals surface area contributed by atoms with Gasteiger partial charge in [-0.1, -0.05) is 0 Å². The number of aromatic nitrogens is 2. The second kappa shape index (κ2) is 4.70. The first-order chi connectivity index (χ1) is 7.75. The van der Waals surface area contributed by atoms with Crippen molar-refractivity contribution in [2.24, 2.45) is 0 Å². The lowest BCUT2D eigenvalue weighted by Crippen LogP contribution is -2.09. The van der Waals surface area contributed by atoms with Crippen molar-refractivity contribution < 1.29 is 4.74 Å². The molecule has 1 aromatic heterocycles. The van der Waals surface area contributed by atoms with Crippen molar-refractivity contribution in [3.8, 4) is 5.75 Å². The summed E-state index contributed by atoms with van der Waals surface area (Å²) in [6.07, 6.45) is 3.67. The van der Waals surface area contributed by atoms with E-state index in [1.54, 1.807) is 6.20 Å².